The first-order valence-corrected chi connectivity index (χ1v) is 7.78. The van der Waals surface area contributed by atoms with Gasteiger partial charge in [-0.05, 0) is 67.1 Å². The molecule has 1 saturated heterocycles. The minimum absolute atomic E-state index is 0.175. The highest BCUT2D eigenvalue weighted by atomic mass is 14.9. The summed E-state index contributed by atoms with van der Waals surface area (Å²) >= 11 is 0. The zero-order chi connectivity index (χ0) is 13.8. The molecule has 2 aromatic carbocycles. The zero-order valence-corrected chi connectivity index (χ0v) is 12.0. The maximum absolute atomic E-state index is 6.39. The Labute approximate surface area is 121 Å². The summed E-state index contributed by atoms with van der Waals surface area (Å²) in [4.78, 5) is 0. The number of rotatable bonds is 4. The van der Waals surface area contributed by atoms with Gasteiger partial charge >= 0.3 is 0 Å². The lowest BCUT2D eigenvalue weighted by Crippen LogP contribution is -2.28. The van der Waals surface area contributed by atoms with Gasteiger partial charge in [0.15, 0.2) is 0 Å². The first kappa shape index (κ1) is 13.6. The molecule has 0 bridgehead atoms. The fourth-order valence-corrected chi connectivity index (χ4v) is 3.19. The third kappa shape index (κ3) is 3.20. The van der Waals surface area contributed by atoms with Crippen LogP contribution in [0.15, 0.2) is 42.5 Å². The van der Waals surface area contributed by atoms with Crippen LogP contribution in [0, 0.1) is 5.92 Å². The Morgan fingerprint density at radius 2 is 1.80 bits per heavy atom. The SMILES string of the molecule is NC(CCC1CCNCC1)c1ccc2ccccc2c1. The minimum atomic E-state index is 0.175. The van der Waals surface area contributed by atoms with E-state index in [9.17, 15) is 0 Å². The smallest absolute Gasteiger partial charge is 0.0295 e. The number of nitrogens with one attached hydrogen (secondary N) is 1. The fraction of sp³-hybridized carbons (Fsp3) is 0.444. The van der Waals surface area contributed by atoms with Crippen molar-refractivity contribution in [2.24, 2.45) is 11.7 Å². The van der Waals surface area contributed by atoms with E-state index in [0.717, 1.165) is 12.3 Å². The van der Waals surface area contributed by atoms with Crippen molar-refractivity contribution in [1.82, 2.24) is 5.32 Å². The lowest BCUT2D eigenvalue weighted by atomic mass is 9.89. The van der Waals surface area contributed by atoms with E-state index in [4.69, 9.17) is 5.73 Å². The summed E-state index contributed by atoms with van der Waals surface area (Å²) < 4.78 is 0. The first-order valence-electron chi connectivity index (χ1n) is 7.78. The molecule has 1 heterocycles. The van der Waals surface area contributed by atoms with Crippen LogP contribution in [-0.4, -0.2) is 13.1 Å². The molecule has 0 aliphatic carbocycles. The molecule has 106 valence electrons. The standard InChI is InChI=1S/C18H24N2/c19-18(8-5-14-9-11-20-12-10-14)17-7-6-15-3-1-2-4-16(15)13-17/h1-4,6-7,13-14,18,20H,5,8-12,19H2. The van der Waals surface area contributed by atoms with Crippen molar-refractivity contribution < 1.29 is 0 Å². The third-order valence-corrected chi connectivity index (χ3v) is 4.55. The van der Waals surface area contributed by atoms with Crippen LogP contribution >= 0.6 is 0 Å². The summed E-state index contributed by atoms with van der Waals surface area (Å²) in [5, 5.41) is 6.01. The molecule has 0 radical (unpaired) electrons. The van der Waals surface area contributed by atoms with Crippen LogP contribution < -0.4 is 11.1 Å². The number of benzene rings is 2. The van der Waals surface area contributed by atoms with Crippen LogP contribution in [0.25, 0.3) is 10.8 Å². The molecule has 3 rings (SSSR count). The number of hydrogen-bond acceptors (Lipinski definition) is 2. The molecule has 3 N–H and O–H groups in total. The van der Waals surface area contributed by atoms with Crippen LogP contribution in [0.5, 0.6) is 0 Å². The summed E-state index contributed by atoms with van der Waals surface area (Å²) in [6, 6.07) is 15.3. The normalized spacial score (nSPS) is 18.2. The highest BCUT2D eigenvalue weighted by Gasteiger charge is 2.15. The summed E-state index contributed by atoms with van der Waals surface area (Å²) in [5.74, 6) is 0.864. The van der Waals surface area contributed by atoms with E-state index in [-0.39, 0.29) is 6.04 Å². The Morgan fingerprint density at radius 3 is 2.60 bits per heavy atom. The second-order valence-electron chi connectivity index (χ2n) is 5.98. The number of hydrogen-bond donors (Lipinski definition) is 2. The molecule has 2 nitrogen and oxygen atoms in total. The van der Waals surface area contributed by atoms with Crippen molar-refractivity contribution in [1.29, 1.82) is 0 Å². The number of piperidine rings is 1. The lowest BCUT2D eigenvalue weighted by Gasteiger charge is -2.24. The third-order valence-electron chi connectivity index (χ3n) is 4.55. The van der Waals surface area contributed by atoms with Crippen molar-refractivity contribution in [2.45, 2.75) is 31.7 Å². The number of fused-ring (bicyclic) bond motifs is 1. The highest BCUT2D eigenvalue weighted by molar-refractivity contribution is 5.83. The lowest BCUT2D eigenvalue weighted by molar-refractivity contribution is 0.338. The average Bonchev–Trinajstić information content (AvgIpc) is 2.53. The van der Waals surface area contributed by atoms with Gasteiger partial charge in [0, 0.05) is 6.04 Å². The van der Waals surface area contributed by atoms with Crippen molar-refractivity contribution in [3.8, 4) is 0 Å². The summed E-state index contributed by atoms with van der Waals surface area (Å²) in [6.45, 7) is 2.35. The van der Waals surface area contributed by atoms with Crippen LogP contribution in [0.3, 0.4) is 0 Å². The van der Waals surface area contributed by atoms with Gasteiger partial charge in [-0.3, -0.25) is 0 Å². The molecule has 1 unspecified atom stereocenters. The predicted molar refractivity (Wildman–Crippen MR) is 85.7 cm³/mol. The number of nitrogens with two attached hydrogens (primary N) is 1. The van der Waals surface area contributed by atoms with E-state index < -0.39 is 0 Å². The van der Waals surface area contributed by atoms with Crippen LogP contribution in [0.1, 0.15) is 37.3 Å². The van der Waals surface area contributed by atoms with Gasteiger partial charge in [-0.1, -0.05) is 36.4 Å². The fourth-order valence-electron chi connectivity index (χ4n) is 3.19. The molecule has 20 heavy (non-hydrogen) atoms. The van der Waals surface area contributed by atoms with E-state index in [1.165, 1.54) is 48.7 Å². The van der Waals surface area contributed by atoms with Crippen molar-refractivity contribution in [2.75, 3.05) is 13.1 Å². The molecule has 2 aromatic rings. The summed E-state index contributed by atoms with van der Waals surface area (Å²) in [6.07, 6.45) is 4.98. The van der Waals surface area contributed by atoms with Gasteiger partial charge in [0.1, 0.15) is 0 Å². The molecule has 1 aliphatic heterocycles. The van der Waals surface area contributed by atoms with Gasteiger partial charge in [-0.15, -0.1) is 0 Å². The van der Waals surface area contributed by atoms with Crippen LogP contribution in [0.4, 0.5) is 0 Å². The highest BCUT2D eigenvalue weighted by Crippen LogP contribution is 2.25. The molecule has 2 heteroatoms. The second-order valence-corrected chi connectivity index (χ2v) is 5.98. The second kappa shape index (κ2) is 6.38. The molecule has 0 aromatic heterocycles. The van der Waals surface area contributed by atoms with Crippen molar-refractivity contribution in [3.63, 3.8) is 0 Å². The Kier molecular flexibility index (Phi) is 4.34. The van der Waals surface area contributed by atoms with Crippen molar-refractivity contribution >= 4 is 10.8 Å². The first-order chi connectivity index (χ1) is 9.83. The molecule has 0 spiro atoms. The Bertz CT molecular complexity index is 558. The van der Waals surface area contributed by atoms with E-state index in [0.29, 0.717) is 0 Å². The Hall–Kier alpha value is -1.38. The predicted octanol–water partition coefficient (Wildman–Crippen LogP) is 3.62. The molecule has 0 saturated carbocycles. The molecule has 1 atom stereocenters. The minimum Gasteiger partial charge on any atom is -0.324 e. The van der Waals surface area contributed by atoms with E-state index in [1.807, 2.05) is 0 Å². The van der Waals surface area contributed by atoms with E-state index in [2.05, 4.69) is 47.8 Å². The molecule has 1 aliphatic rings. The van der Waals surface area contributed by atoms with Crippen LogP contribution in [-0.2, 0) is 0 Å². The monoisotopic (exact) mass is 268 g/mol. The van der Waals surface area contributed by atoms with Gasteiger partial charge in [-0.25, -0.2) is 0 Å². The quantitative estimate of drug-likeness (QED) is 0.889. The van der Waals surface area contributed by atoms with Gasteiger partial charge in [0.2, 0.25) is 0 Å². The van der Waals surface area contributed by atoms with Gasteiger partial charge in [-0.2, -0.15) is 0 Å². The van der Waals surface area contributed by atoms with Gasteiger partial charge < -0.3 is 11.1 Å². The molecule has 0 amide bonds. The maximum Gasteiger partial charge on any atom is 0.0295 e. The zero-order valence-electron chi connectivity index (χ0n) is 12.0. The Balaban J connectivity index is 1.64. The summed E-state index contributed by atoms with van der Waals surface area (Å²) in [5.41, 5.74) is 7.66. The summed E-state index contributed by atoms with van der Waals surface area (Å²) in [7, 11) is 0. The topological polar surface area (TPSA) is 38.0 Å². The van der Waals surface area contributed by atoms with E-state index in [1.54, 1.807) is 0 Å². The Morgan fingerprint density at radius 1 is 1.05 bits per heavy atom. The largest absolute Gasteiger partial charge is 0.324 e. The van der Waals surface area contributed by atoms with Crippen LogP contribution in [0.2, 0.25) is 0 Å². The maximum atomic E-state index is 6.39. The average molecular weight is 268 g/mol. The molecule has 1 fully saturated rings. The molecular weight excluding hydrogens is 244 g/mol. The van der Waals surface area contributed by atoms with Crippen molar-refractivity contribution in [3.05, 3.63) is 48.0 Å². The van der Waals surface area contributed by atoms with Gasteiger partial charge in [0.05, 0.1) is 0 Å². The van der Waals surface area contributed by atoms with Gasteiger partial charge in [0.25, 0.3) is 0 Å². The molecular formula is C18H24N2. The van der Waals surface area contributed by atoms with E-state index >= 15 is 0 Å².